The van der Waals surface area contributed by atoms with Crippen LogP contribution in [0, 0.1) is 5.41 Å². The number of rotatable bonds is 5. The van der Waals surface area contributed by atoms with Crippen LogP contribution in [0.2, 0.25) is 0 Å². The fraction of sp³-hybridized carbons (Fsp3) is 0.444. The number of nitrogens with one attached hydrogen (secondary N) is 2. The fourth-order valence-electron chi connectivity index (χ4n) is 2.86. The van der Waals surface area contributed by atoms with Gasteiger partial charge in [-0.2, -0.15) is 0 Å². The monoisotopic (exact) mass is 375 g/mol. The Hall–Kier alpha value is -3.10. The number of hydrogen-bond donors (Lipinski definition) is 3. The summed E-state index contributed by atoms with van der Waals surface area (Å²) < 4.78 is 2.13. The molecule has 9 heteroatoms. The lowest BCUT2D eigenvalue weighted by Gasteiger charge is -2.28. The number of carbonyl (C=O) groups excluding carboxylic acids is 3. The second-order valence-electron chi connectivity index (χ2n) is 7.30. The molecule has 0 aliphatic rings. The van der Waals surface area contributed by atoms with Crippen molar-refractivity contribution in [3.8, 4) is 0 Å². The quantitative estimate of drug-likeness (QED) is 0.698. The van der Waals surface area contributed by atoms with Crippen molar-refractivity contribution in [3.63, 3.8) is 0 Å². The molecule has 0 bridgehead atoms. The van der Waals surface area contributed by atoms with Crippen molar-refractivity contribution >= 4 is 28.9 Å². The van der Waals surface area contributed by atoms with E-state index in [0.29, 0.717) is 17.6 Å². The number of amides is 3. The summed E-state index contributed by atoms with van der Waals surface area (Å²) in [6.45, 7) is 7.25. The largest absolute Gasteiger partial charge is 0.368 e. The number of primary amides is 1. The van der Waals surface area contributed by atoms with E-state index in [0.717, 1.165) is 4.57 Å². The van der Waals surface area contributed by atoms with E-state index in [9.17, 15) is 19.2 Å². The van der Waals surface area contributed by atoms with Crippen molar-refractivity contribution in [1.82, 2.24) is 19.8 Å². The van der Waals surface area contributed by atoms with Gasteiger partial charge in [-0.1, -0.05) is 32.9 Å². The van der Waals surface area contributed by atoms with Gasteiger partial charge in [-0.05, 0) is 24.5 Å². The number of para-hydroxylation sites is 2. The van der Waals surface area contributed by atoms with Gasteiger partial charge < -0.3 is 16.4 Å². The Kier molecular flexibility index (Phi) is 5.72. The SMILES string of the molecule is CCNC(=O)Cn1c(=O)n(C(=O)N[C@H](C(N)=O)C(C)(C)C)c2ccccc21. The highest BCUT2D eigenvalue weighted by atomic mass is 16.2. The standard InChI is InChI=1S/C18H25N5O4/c1-5-20-13(24)10-22-11-8-6-7-9-12(11)23(17(22)27)16(26)21-14(15(19)25)18(2,3)4/h6-9,14H,5,10H2,1-4H3,(H2,19,25)(H,20,24)(H,21,26)/t14-/m1/s1. The molecule has 0 aliphatic heterocycles. The molecule has 0 spiro atoms. The molecule has 0 saturated heterocycles. The zero-order valence-electron chi connectivity index (χ0n) is 15.9. The first-order valence-corrected chi connectivity index (χ1v) is 8.65. The molecular weight excluding hydrogens is 350 g/mol. The molecule has 1 atom stereocenters. The Balaban J connectivity index is 2.51. The summed E-state index contributed by atoms with van der Waals surface area (Å²) in [6.07, 6.45) is 0. The zero-order valence-corrected chi connectivity index (χ0v) is 15.9. The van der Waals surface area contributed by atoms with E-state index in [-0.39, 0.29) is 12.5 Å². The molecule has 146 valence electrons. The Morgan fingerprint density at radius 2 is 1.74 bits per heavy atom. The minimum absolute atomic E-state index is 0.216. The maximum atomic E-state index is 12.8. The molecule has 1 aromatic carbocycles. The van der Waals surface area contributed by atoms with Gasteiger partial charge in [-0.15, -0.1) is 0 Å². The van der Waals surface area contributed by atoms with Crippen molar-refractivity contribution in [1.29, 1.82) is 0 Å². The highest BCUT2D eigenvalue weighted by Crippen LogP contribution is 2.19. The molecule has 0 radical (unpaired) electrons. The van der Waals surface area contributed by atoms with Crippen LogP contribution in [-0.4, -0.2) is 39.6 Å². The predicted molar refractivity (Wildman–Crippen MR) is 101 cm³/mol. The molecule has 0 aliphatic carbocycles. The molecule has 1 aromatic heterocycles. The summed E-state index contributed by atoms with van der Waals surface area (Å²) in [6, 6.07) is 4.89. The molecule has 0 saturated carbocycles. The zero-order chi connectivity index (χ0) is 20.4. The number of benzene rings is 1. The van der Waals surface area contributed by atoms with Crippen molar-refractivity contribution < 1.29 is 14.4 Å². The van der Waals surface area contributed by atoms with Gasteiger partial charge in [-0.3, -0.25) is 14.2 Å². The van der Waals surface area contributed by atoms with Gasteiger partial charge in [-0.25, -0.2) is 14.2 Å². The van der Waals surface area contributed by atoms with Crippen LogP contribution >= 0.6 is 0 Å². The maximum Gasteiger partial charge on any atom is 0.337 e. The maximum absolute atomic E-state index is 12.8. The second kappa shape index (κ2) is 7.65. The van der Waals surface area contributed by atoms with Crippen molar-refractivity contribution in [2.75, 3.05) is 6.54 Å². The molecular formula is C18H25N5O4. The van der Waals surface area contributed by atoms with Crippen molar-refractivity contribution in [2.24, 2.45) is 11.1 Å². The number of nitrogens with two attached hydrogens (primary N) is 1. The fourth-order valence-corrected chi connectivity index (χ4v) is 2.86. The third-order valence-electron chi connectivity index (χ3n) is 4.13. The summed E-state index contributed by atoms with van der Waals surface area (Å²) in [5.41, 5.74) is 4.88. The topological polar surface area (TPSA) is 128 Å². The molecule has 0 fully saturated rings. The van der Waals surface area contributed by atoms with Crippen LogP contribution in [0.1, 0.15) is 27.7 Å². The molecule has 1 heterocycles. The molecule has 0 unspecified atom stereocenters. The minimum atomic E-state index is -0.970. The number of carbonyl (C=O) groups is 3. The summed E-state index contributed by atoms with van der Waals surface area (Å²) in [5, 5.41) is 5.15. The number of hydrogen-bond acceptors (Lipinski definition) is 4. The van der Waals surface area contributed by atoms with E-state index in [1.807, 2.05) is 0 Å². The number of nitrogens with zero attached hydrogens (tertiary/aromatic N) is 2. The van der Waals surface area contributed by atoms with Gasteiger partial charge in [0.15, 0.2) is 0 Å². The van der Waals surface area contributed by atoms with Crippen LogP contribution in [0.25, 0.3) is 11.0 Å². The van der Waals surface area contributed by atoms with Crippen LogP contribution in [0.4, 0.5) is 4.79 Å². The van der Waals surface area contributed by atoms with Crippen LogP contribution in [0.3, 0.4) is 0 Å². The van der Waals surface area contributed by atoms with Crippen LogP contribution in [-0.2, 0) is 16.1 Å². The minimum Gasteiger partial charge on any atom is -0.368 e. The summed E-state index contributed by atoms with van der Waals surface area (Å²) in [7, 11) is 0. The average molecular weight is 375 g/mol. The first-order chi connectivity index (χ1) is 12.6. The Morgan fingerprint density at radius 1 is 1.15 bits per heavy atom. The van der Waals surface area contributed by atoms with E-state index < -0.39 is 29.1 Å². The van der Waals surface area contributed by atoms with Crippen LogP contribution in [0.5, 0.6) is 0 Å². The lowest BCUT2D eigenvalue weighted by molar-refractivity contribution is -0.122. The molecule has 4 N–H and O–H groups in total. The normalized spacial score (nSPS) is 12.6. The van der Waals surface area contributed by atoms with Crippen LogP contribution in [0.15, 0.2) is 29.1 Å². The predicted octanol–water partition coefficient (Wildman–Crippen LogP) is 0.397. The number of fused-ring (bicyclic) bond motifs is 1. The lowest BCUT2D eigenvalue weighted by Crippen LogP contribution is -2.54. The lowest BCUT2D eigenvalue weighted by atomic mass is 9.86. The highest BCUT2D eigenvalue weighted by Gasteiger charge is 2.32. The van der Waals surface area contributed by atoms with Gasteiger partial charge >= 0.3 is 11.7 Å². The van der Waals surface area contributed by atoms with E-state index in [1.165, 1.54) is 4.57 Å². The van der Waals surface area contributed by atoms with Gasteiger partial charge in [0.25, 0.3) is 0 Å². The smallest absolute Gasteiger partial charge is 0.337 e. The second-order valence-corrected chi connectivity index (χ2v) is 7.30. The van der Waals surface area contributed by atoms with E-state index in [4.69, 9.17) is 5.73 Å². The van der Waals surface area contributed by atoms with E-state index >= 15 is 0 Å². The first kappa shape index (κ1) is 20.2. The summed E-state index contributed by atoms with van der Waals surface area (Å²) in [5.74, 6) is -1.04. The molecule has 27 heavy (non-hydrogen) atoms. The molecule has 2 aromatic rings. The van der Waals surface area contributed by atoms with Gasteiger partial charge in [0.2, 0.25) is 11.8 Å². The van der Waals surface area contributed by atoms with Crippen LogP contribution < -0.4 is 22.1 Å². The third kappa shape index (κ3) is 4.18. The Bertz CT molecular complexity index is 935. The number of aromatic nitrogens is 2. The van der Waals surface area contributed by atoms with Gasteiger partial charge in [0.05, 0.1) is 11.0 Å². The van der Waals surface area contributed by atoms with Crippen molar-refractivity contribution in [2.45, 2.75) is 40.3 Å². The van der Waals surface area contributed by atoms with Gasteiger partial charge in [0.1, 0.15) is 12.6 Å². The Labute approximate surface area is 156 Å². The average Bonchev–Trinajstić information content (AvgIpc) is 2.84. The Morgan fingerprint density at radius 3 is 2.26 bits per heavy atom. The summed E-state index contributed by atoms with van der Waals surface area (Å²) in [4.78, 5) is 49.3. The first-order valence-electron chi connectivity index (χ1n) is 8.65. The highest BCUT2D eigenvalue weighted by molar-refractivity contribution is 5.93. The number of imidazole rings is 1. The molecule has 9 nitrogen and oxygen atoms in total. The van der Waals surface area contributed by atoms with Crippen molar-refractivity contribution in [3.05, 3.63) is 34.7 Å². The van der Waals surface area contributed by atoms with E-state index in [1.54, 1.807) is 52.0 Å². The summed E-state index contributed by atoms with van der Waals surface area (Å²) >= 11 is 0. The third-order valence-corrected chi connectivity index (χ3v) is 4.13. The molecule has 3 amide bonds. The van der Waals surface area contributed by atoms with Gasteiger partial charge in [0, 0.05) is 6.54 Å². The molecule has 2 rings (SSSR count). The van der Waals surface area contributed by atoms with E-state index in [2.05, 4.69) is 10.6 Å². The number of likely N-dealkylation sites (N-methyl/N-ethyl adjacent to an activating group) is 1.